The molecule has 278 valence electrons. The van der Waals surface area contributed by atoms with Crippen molar-refractivity contribution >= 4 is 36.9 Å². The van der Waals surface area contributed by atoms with Gasteiger partial charge in [-0.05, 0) is 78.8 Å². The van der Waals surface area contributed by atoms with Crippen LogP contribution in [0.15, 0.2) is 84.5 Å². The molecule has 13 heteroatoms. The molecule has 8 rings (SSSR count). The van der Waals surface area contributed by atoms with E-state index >= 15 is 0 Å². The van der Waals surface area contributed by atoms with Crippen molar-refractivity contribution in [1.29, 1.82) is 0 Å². The van der Waals surface area contributed by atoms with E-state index < -0.39 is 72.4 Å². The van der Waals surface area contributed by atoms with Crippen molar-refractivity contribution in [3.8, 4) is 0 Å². The highest BCUT2D eigenvalue weighted by Gasteiger charge is 2.80. The number of carbonyl (C=O) groups is 4. The molecule has 2 heterocycles. The van der Waals surface area contributed by atoms with Gasteiger partial charge in [-0.2, -0.15) is 0 Å². The van der Waals surface area contributed by atoms with E-state index in [1.165, 1.54) is 12.2 Å². The highest BCUT2D eigenvalue weighted by atomic mass is 31.2. The molecule has 0 aromatic heterocycles. The number of rotatable bonds is 8. The molecule has 9 atom stereocenters. The predicted molar refractivity (Wildman–Crippen MR) is 190 cm³/mol. The summed E-state index contributed by atoms with van der Waals surface area (Å²) in [6, 6.07) is 14.7. The zero-order chi connectivity index (χ0) is 37.7. The SMILES string of the molecule is C[C@]12C[C@H](O)[C@H]3[C@@H](CCC4=CC(=O)C=C[C@@]43C)[C@]1(C)C[C@H]1O[C@@H](c3ccc(Cc4cccc(N5C(=O)C=CC5=O)c4)cc3)O[C@]12C(=O)COP(=O)(O)O. The van der Waals surface area contributed by atoms with Gasteiger partial charge in [0.1, 0.15) is 6.61 Å². The van der Waals surface area contributed by atoms with Crippen molar-refractivity contribution < 1.29 is 52.6 Å². The van der Waals surface area contributed by atoms with Crippen molar-refractivity contribution in [2.75, 3.05) is 11.5 Å². The maximum atomic E-state index is 14.4. The van der Waals surface area contributed by atoms with Crippen molar-refractivity contribution in [3.05, 3.63) is 101 Å². The average Bonchev–Trinajstić information content (AvgIpc) is 3.71. The van der Waals surface area contributed by atoms with E-state index in [9.17, 15) is 38.6 Å². The van der Waals surface area contributed by atoms with Crippen LogP contribution in [0.2, 0.25) is 0 Å². The molecule has 2 aliphatic heterocycles. The third kappa shape index (κ3) is 5.45. The first-order chi connectivity index (χ1) is 25.0. The Balaban J connectivity index is 1.09. The molecule has 3 N–H and O–H groups in total. The second kappa shape index (κ2) is 12.3. The van der Waals surface area contributed by atoms with E-state index in [4.69, 9.17) is 14.0 Å². The molecule has 2 aromatic rings. The van der Waals surface area contributed by atoms with Gasteiger partial charge in [0.15, 0.2) is 23.5 Å². The van der Waals surface area contributed by atoms with Crippen LogP contribution in [0.1, 0.15) is 69.4 Å². The summed E-state index contributed by atoms with van der Waals surface area (Å²) >= 11 is 0. The summed E-state index contributed by atoms with van der Waals surface area (Å²) < 4.78 is 30.0. The number of phosphoric ester groups is 1. The maximum Gasteiger partial charge on any atom is 0.470 e. The molecule has 53 heavy (non-hydrogen) atoms. The van der Waals surface area contributed by atoms with Gasteiger partial charge in [-0.15, -0.1) is 0 Å². The van der Waals surface area contributed by atoms with E-state index in [0.717, 1.165) is 21.6 Å². The monoisotopic (exact) mass is 743 g/mol. The Morgan fingerprint density at radius 3 is 2.40 bits per heavy atom. The Hall–Kier alpha value is -3.87. The van der Waals surface area contributed by atoms with Gasteiger partial charge in [0.2, 0.25) is 0 Å². The van der Waals surface area contributed by atoms with Gasteiger partial charge in [0.25, 0.3) is 11.8 Å². The summed E-state index contributed by atoms with van der Waals surface area (Å²) in [6.07, 6.45) is 7.39. The van der Waals surface area contributed by atoms with Crippen LogP contribution in [0, 0.1) is 28.1 Å². The highest BCUT2D eigenvalue weighted by molar-refractivity contribution is 7.46. The Bertz CT molecular complexity index is 2050. The summed E-state index contributed by atoms with van der Waals surface area (Å²) in [4.78, 5) is 71.4. The number of ether oxygens (including phenoxy) is 2. The minimum atomic E-state index is -5.01. The largest absolute Gasteiger partial charge is 0.470 e. The van der Waals surface area contributed by atoms with Crippen LogP contribution in [0.3, 0.4) is 0 Å². The third-order valence-corrected chi connectivity index (χ3v) is 13.9. The molecular formula is C40H42NO11P. The van der Waals surface area contributed by atoms with E-state index in [1.54, 1.807) is 30.4 Å². The molecule has 4 fully saturated rings. The number of amides is 2. The second-order valence-electron chi connectivity index (χ2n) is 16.0. The summed E-state index contributed by atoms with van der Waals surface area (Å²) in [6.45, 7) is 5.21. The molecule has 2 amide bonds. The van der Waals surface area contributed by atoms with E-state index in [2.05, 4.69) is 13.8 Å². The lowest BCUT2D eigenvalue weighted by Crippen LogP contribution is -2.66. The predicted octanol–water partition coefficient (Wildman–Crippen LogP) is 4.82. The minimum absolute atomic E-state index is 0.0666. The van der Waals surface area contributed by atoms with Gasteiger partial charge in [-0.25, -0.2) is 9.46 Å². The lowest BCUT2D eigenvalue weighted by Gasteiger charge is -2.64. The van der Waals surface area contributed by atoms with Crippen LogP contribution in [0.5, 0.6) is 0 Å². The summed E-state index contributed by atoms with van der Waals surface area (Å²) in [5.74, 6) is -1.83. The standard InChI is InChI=1S/C40H42NO11P/c1-37-16-15-28(42)19-26(37)11-12-29-35(37)30(43)20-39(3)38(29,2)21-32-40(39,31(44)22-50-53(47,48)49)52-36(51-32)25-9-7-23(8-10-25)17-24-5-4-6-27(18-24)41-33(45)13-14-34(41)46/h4-10,13-16,18-19,29-30,32,35-36,43H,11-12,17,20-22H2,1-3H3,(H2,47,48,49)/t29-,30+,32-,35-,36-,37+,38+,39+,40-/m1/s1. The van der Waals surface area contributed by atoms with Crippen LogP contribution < -0.4 is 4.90 Å². The van der Waals surface area contributed by atoms with Crippen LogP contribution >= 0.6 is 7.82 Å². The molecule has 0 spiro atoms. The molecule has 6 aliphatic rings. The number of benzene rings is 2. The van der Waals surface area contributed by atoms with Gasteiger partial charge in [-0.3, -0.25) is 23.7 Å². The number of imide groups is 1. The Morgan fingerprint density at radius 2 is 1.70 bits per heavy atom. The van der Waals surface area contributed by atoms with Crippen molar-refractivity contribution in [2.24, 2.45) is 28.1 Å². The number of ketones is 2. The number of fused-ring (bicyclic) bond motifs is 7. The number of allylic oxidation sites excluding steroid dienone is 4. The van der Waals surface area contributed by atoms with E-state index in [1.807, 2.05) is 43.3 Å². The maximum absolute atomic E-state index is 14.4. The first-order valence-electron chi connectivity index (χ1n) is 17.9. The quantitative estimate of drug-likeness (QED) is 0.250. The fourth-order valence-electron chi connectivity index (χ4n) is 10.9. The number of hydrogen-bond donors (Lipinski definition) is 3. The molecule has 1 saturated heterocycles. The zero-order valence-electron chi connectivity index (χ0n) is 29.6. The fourth-order valence-corrected chi connectivity index (χ4v) is 11.1. The fraction of sp³-hybridized carbons (Fsp3) is 0.450. The van der Waals surface area contributed by atoms with Crippen LogP contribution in [0.25, 0.3) is 0 Å². The molecule has 2 aromatic carbocycles. The Labute approximate surface area is 306 Å². The molecule has 4 aliphatic carbocycles. The second-order valence-corrected chi connectivity index (χ2v) is 17.3. The first kappa shape index (κ1) is 36.1. The zero-order valence-corrected chi connectivity index (χ0v) is 30.5. The van der Waals surface area contributed by atoms with Gasteiger partial charge in [0.05, 0.1) is 17.9 Å². The molecule has 3 saturated carbocycles. The Morgan fingerprint density at radius 1 is 0.981 bits per heavy atom. The van der Waals surface area contributed by atoms with Crippen molar-refractivity contribution in [2.45, 2.75) is 77.0 Å². The molecule has 0 unspecified atom stereocenters. The average molecular weight is 744 g/mol. The normalized spacial score (nSPS) is 37.3. The van der Waals surface area contributed by atoms with Crippen molar-refractivity contribution in [3.63, 3.8) is 0 Å². The number of hydrogen-bond acceptors (Lipinski definition) is 9. The highest BCUT2D eigenvalue weighted by Crippen LogP contribution is 2.75. The molecular weight excluding hydrogens is 701 g/mol. The van der Waals surface area contributed by atoms with Gasteiger partial charge < -0.3 is 24.4 Å². The van der Waals surface area contributed by atoms with Crippen LogP contribution in [0.4, 0.5) is 5.69 Å². The van der Waals surface area contributed by atoms with E-state index in [-0.39, 0.29) is 24.0 Å². The van der Waals surface area contributed by atoms with Crippen LogP contribution in [-0.2, 0) is 44.2 Å². The number of anilines is 1. The topological polar surface area (TPSA) is 177 Å². The minimum Gasteiger partial charge on any atom is -0.393 e. The number of aliphatic hydroxyl groups is 1. The summed E-state index contributed by atoms with van der Waals surface area (Å²) in [7, 11) is -5.01. The van der Waals surface area contributed by atoms with E-state index in [0.29, 0.717) is 36.9 Å². The number of nitrogens with zero attached hydrogens (tertiary/aromatic N) is 1. The number of carbonyl (C=O) groups excluding carboxylic acids is 4. The third-order valence-electron chi connectivity index (χ3n) is 13.4. The van der Waals surface area contributed by atoms with Gasteiger partial charge in [-0.1, -0.05) is 68.8 Å². The number of Topliss-reactive ketones (excluding diaryl/α,β-unsaturated/α-hetero) is 1. The summed E-state index contributed by atoms with van der Waals surface area (Å²) in [5, 5.41) is 12.1. The molecule has 0 radical (unpaired) electrons. The summed E-state index contributed by atoms with van der Waals surface area (Å²) in [5.41, 5.74) is 0.0582. The molecule has 12 nitrogen and oxygen atoms in total. The molecule has 0 bridgehead atoms. The lowest BCUT2D eigenvalue weighted by molar-refractivity contribution is -0.225. The van der Waals surface area contributed by atoms with Crippen molar-refractivity contribution in [1.82, 2.24) is 0 Å². The van der Waals surface area contributed by atoms with Gasteiger partial charge in [0, 0.05) is 34.5 Å². The van der Waals surface area contributed by atoms with Gasteiger partial charge >= 0.3 is 7.82 Å². The van der Waals surface area contributed by atoms with Crippen LogP contribution in [-0.4, -0.2) is 62.7 Å². The number of aliphatic hydroxyl groups excluding tert-OH is 1. The number of phosphoric acid groups is 1. The first-order valence-corrected chi connectivity index (χ1v) is 19.4. The Kier molecular flexibility index (Phi) is 8.40. The lowest BCUT2D eigenvalue weighted by atomic mass is 9.41. The smallest absolute Gasteiger partial charge is 0.393 e.